The maximum Gasteiger partial charge on any atom is 0.322 e. The van der Waals surface area contributed by atoms with Gasteiger partial charge in [0.05, 0.1) is 6.54 Å². The van der Waals surface area contributed by atoms with Gasteiger partial charge in [0.15, 0.2) is 5.82 Å². The summed E-state index contributed by atoms with van der Waals surface area (Å²) in [6.45, 7) is 2.95. The second-order valence-electron chi connectivity index (χ2n) is 5.45. The number of nitrogens with zero attached hydrogens (tertiary/aromatic N) is 3. The van der Waals surface area contributed by atoms with Crippen molar-refractivity contribution in [3.63, 3.8) is 0 Å². The molecule has 2 heterocycles. The molecule has 4 amide bonds. The standard InChI is InChI=1S/C15H16N6O4/c1-8-2-3-9(6-10(8)21-5-4-17-15(21)24)13(23)18-7-11-19-14(12(16)22)25-20-11/h2-3,6H,4-5,7H2,1H3,(H2,16,22)(H,17,24)(H,18,23). The number of hydrogen-bond donors (Lipinski definition) is 3. The van der Waals surface area contributed by atoms with Gasteiger partial charge in [0, 0.05) is 24.3 Å². The van der Waals surface area contributed by atoms with Crippen LogP contribution in [-0.2, 0) is 6.54 Å². The van der Waals surface area contributed by atoms with Crippen LogP contribution < -0.4 is 21.3 Å². The lowest BCUT2D eigenvalue weighted by atomic mass is 10.1. The maximum atomic E-state index is 12.3. The van der Waals surface area contributed by atoms with Crippen LogP contribution >= 0.6 is 0 Å². The molecule has 1 saturated heterocycles. The van der Waals surface area contributed by atoms with E-state index in [0.29, 0.717) is 24.3 Å². The van der Waals surface area contributed by atoms with Crippen LogP contribution in [0.25, 0.3) is 0 Å². The summed E-state index contributed by atoms with van der Waals surface area (Å²) < 4.78 is 4.64. The third-order valence-corrected chi connectivity index (χ3v) is 3.70. The Balaban J connectivity index is 1.71. The maximum absolute atomic E-state index is 12.3. The number of aromatic nitrogens is 2. The molecule has 0 aliphatic carbocycles. The molecule has 25 heavy (non-hydrogen) atoms. The second kappa shape index (κ2) is 6.59. The molecule has 130 valence electrons. The first kappa shape index (κ1) is 16.4. The summed E-state index contributed by atoms with van der Waals surface area (Å²) in [5, 5.41) is 8.89. The molecule has 1 aliphatic heterocycles. The minimum Gasteiger partial charge on any atom is -0.361 e. The second-order valence-corrected chi connectivity index (χ2v) is 5.45. The van der Waals surface area contributed by atoms with Crippen LogP contribution in [0, 0.1) is 6.92 Å². The summed E-state index contributed by atoms with van der Waals surface area (Å²) in [6.07, 6.45) is 0. The minimum absolute atomic E-state index is 0.0248. The Labute approximate surface area is 142 Å². The smallest absolute Gasteiger partial charge is 0.322 e. The molecule has 3 rings (SSSR count). The van der Waals surface area contributed by atoms with Crippen molar-refractivity contribution in [2.75, 3.05) is 18.0 Å². The van der Waals surface area contributed by atoms with Crippen molar-refractivity contribution in [1.29, 1.82) is 0 Å². The number of primary amides is 1. The van der Waals surface area contributed by atoms with Crippen LogP contribution in [0.15, 0.2) is 22.7 Å². The fraction of sp³-hybridized carbons (Fsp3) is 0.267. The number of hydrogen-bond acceptors (Lipinski definition) is 6. The molecule has 1 aliphatic rings. The van der Waals surface area contributed by atoms with E-state index in [1.165, 1.54) is 0 Å². The fourth-order valence-corrected chi connectivity index (χ4v) is 2.43. The van der Waals surface area contributed by atoms with Crippen LogP contribution in [0.1, 0.15) is 32.4 Å². The number of urea groups is 1. The lowest BCUT2D eigenvalue weighted by Crippen LogP contribution is -2.29. The first-order valence-corrected chi connectivity index (χ1v) is 7.52. The first-order valence-electron chi connectivity index (χ1n) is 7.52. The summed E-state index contributed by atoms with van der Waals surface area (Å²) in [6, 6.07) is 4.90. The van der Waals surface area contributed by atoms with E-state index in [4.69, 9.17) is 5.73 Å². The molecule has 1 aromatic carbocycles. The molecular formula is C15H16N6O4. The number of rotatable bonds is 5. The van der Waals surface area contributed by atoms with Crippen LogP contribution in [0.4, 0.5) is 10.5 Å². The Kier molecular flexibility index (Phi) is 4.33. The average Bonchev–Trinajstić information content (AvgIpc) is 3.22. The monoisotopic (exact) mass is 344 g/mol. The van der Waals surface area contributed by atoms with Crippen LogP contribution in [0.3, 0.4) is 0 Å². The van der Waals surface area contributed by atoms with Gasteiger partial charge in [-0.3, -0.25) is 14.5 Å². The molecule has 0 radical (unpaired) electrons. The number of aryl methyl sites for hydroxylation is 1. The number of amides is 4. The zero-order chi connectivity index (χ0) is 18.0. The highest BCUT2D eigenvalue weighted by Crippen LogP contribution is 2.23. The summed E-state index contributed by atoms with van der Waals surface area (Å²) in [7, 11) is 0. The van der Waals surface area contributed by atoms with Gasteiger partial charge in [-0.2, -0.15) is 4.98 Å². The number of anilines is 1. The van der Waals surface area contributed by atoms with Gasteiger partial charge in [-0.05, 0) is 24.6 Å². The predicted molar refractivity (Wildman–Crippen MR) is 85.9 cm³/mol. The Hall–Kier alpha value is -3.43. The van der Waals surface area contributed by atoms with Crippen molar-refractivity contribution in [3.8, 4) is 0 Å². The van der Waals surface area contributed by atoms with E-state index in [1.807, 2.05) is 6.92 Å². The Bertz CT molecular complexity index is 846. The normalized spacial score (nSPS) is 13.6. The van der Waals surface area contributed by atoms with E-state index < -0.39 is 5.91 Å². The first-order chi connectivity index (χ1) is 12.0. The van der Waals surface area contributed by atoms with E-state index >= 15 is 0 Å². The van der Waals surface area contributed by atoms with Gasteiger partial charge < -0.3 is 20.9 Å². The zero-order valence-electron chi connectivity index (χ0n) is 13.4. The molecule has 10 heteroatoms. The van der Waals surface area contributed by atoms with Crippen LogP contribution in [0.5, 0.6) is 0 Å². The largest absolute Gasteiger partial charge is 0.361 e. The van der Waals surface area contributed by atoms with Crippen molar-refractivity contribution in [2.24, 2.45) is 5.73 Å². The summed E-state index contributed by atoms with van der Waals surface area (Å²) in [4.78, 5) is 40.4. The Morgan fingerprint density at radius 2 is 2.24 bits per heavy atom. The molecule has 0 unspecified atom stereocenters. The number of nitrogens with one attached hydrogen (secondary N) is 2. The molecule has 10 nitrogen and oxygen atoms in total. The number of benzene rings is 1. The van der Waals surface area contributed by atoms with Gasteiger partial charge in [-0.15, -0.1) is 0 Å². The number of nitrogens with two attached hydrogens (primary N) is 1. The van der Waals surface area contributed by atoms with E-state index in [2.05, 4.69) is 25.3 Å². The van der Waals surface area contributed by atoms with Gasteiger partial charge >= 0.3 is 17.8 Å². The summed E-state index contributed by atoms with van der Waals surface area (Å²) >= 11 is 0. The fourth-order valence-electron chi connectivity index (χ4n) is 2.43. The molecular weight excluding hydrogens is 328 g/mol. The zero-order valence-corrected chi connectivity index (χ0v) is 13.4. The molecule has 0 spiro atoms. The molecule has 0 bridgehead atoms. The van der Waals surface area contributed by atoms with Crippen molar-refractivity contribution in [2.45, 2.75) is 13.5 Å². The molecule has 2 aromatic rings. The third-order valence-electron chi connectivity index (χ3n) is 3.70. The van der Waals surface area contributed by atoms with Gasteiger partial charge in [-0.1, -0.05) is 11.2 Å². The summed E-state index contributed by atoms with van der Waals surface area (Å²) in [5.41, 5.74) is 6.97. The molecule has 4 N–H and O–H groups in total. The quantitative estimate of drug-likeness (QED) is 0.693. The highest BCUT2D eigenvalue weighted by atomic mass is 16.5. The van der Waals surface area contributed by atoms with E-state index in [0.717, 1.165) is 5.56 Å². The minimum atomic E-state index is -0.836. The van der Waals surface area contributed by atoms with Crippen LogP contribution in [-0.4, -0.2) is 41.1 Å². The number of carbonyl (C=O) groups excluding carboxylic acids is 3. The Morgan fingerprint density at radius 3 is 2.88 bits per heavy atom. The predicted octanol–water partition coefficient (Wildman–Crippen LogP) is -0.0635. The van der Waals surface area contributed by atoms with Crippen molar-refractivity contribution >= 4 is 23.5 Å². The highest BCUT2D eigenvalue weighted by Gasteiger charge is 2.23. The summed E-state index contributed by atoms with van der Waals surface area (Å²) in [5.74, 6) is -1.39. The topological polar surface area (TPSA) is 143 Å². The molecule has 0 saturated carbocycles. The van der Waals surface area contributed by atoms with E-state index in [-0.39, 0.29) is 30.2 Å². The van der Waals surface area contributed by atoms with Crippen molar-refractivity contribution < 1.29 is 18.9 Å². The highest BCUT2D eigenvalue weighted by molar-refractivity contribution is 5.99. The average molecular weight is 344 g/mol. The van der Waals surface area contributed by atoms with Crippen molar-refractivity contribution in [1.82, 2.24) is 20.8 Å². The van der Waals surface area contributed by atoms with Gasteiger partial charge in [0.2, 0.25) is 0 Å². The molecule has 1 fully saturated rings. The van der Waals surface area contributed by atoms with Crippen molar-refractivity contribution in [3.05, 3.63) is 41.0 Å². The molecule has 1 aromatic heterocycles. The van der Waals surface area contributed by atoms with Gasteiger partial charge in [0.25, 0.3) is 5.91 Å². The van der Waals surface area contributed by atoms with Gasteiger partial charge in [0.1, 0.15) is 0 Å². The van der Waals surface area contributed by atoms with E-state index in [9.17, 15) is 14.4 Å². The van der Waals surface area contributed by atoms with E-state index in [1.54, 1.807) is 23.1 Å². The number of carbonyl (C=O) groups is 3. The van der Waals surface area contributed by atoms with Gasteiger partial charge in [-0.25, -0.2) is 4.79 Å². The Morgan fingerprint density at radius 1 is 1.44 bits per heavy atom. The molecule has 0 atom stereocenters. The third kappa shape index (κ3) is 3.42. The van der Waals surface area contributed by atoms with Crippen LogP contribution in [0.2, 0.25) is 0 Å². The lowest BCUT2D eigenvalue weighted by Gasteiger charge is -2.18. The lowest BCUT2D eigenvalue weighted by molar-refractivity contribution is 0.0944. The SMILES string of the molecule is Cc1ccc(C(=O)NCc2noc(C(N)=O)n2)cc1N1CCNC1=O.